The van der Waals surface area contributed by atoms with Gasteiger partial charge < -0.3 is 93.7 Å². The highest BCUT2D eigenvalue weighted by atomic mass is 16.4. The van der Waals surface area contributed by atoms with Crippen LogP contribution in [0, 0.1) is 0 Å². The Labute approximate surface area is 367 Å². The van der Waals surface area contributed by atoms with Crippen molar-refractivity contribution in [3.05, 3.63) is 0 Å². The van der Waals surface area contributed by atoms with E-state index in [0.29, 0.717) is 6.42 Å². The summed E-state index contributed by atoms with van der Waals surface area (Å²) >= 11 is 0. The molecular weight excluding hydrogens is 850 g/mol. The number of hydrogen-bond donors (Lipinski definition) is 17. The Kier molecular flexibility index (Phi) is 27.0. The quantitative estimate of drug-likeness (QED) is 0.0165. The van der Waals surface area contributed by atoms with E-state index in [1.807, 2.05) is 5.32 Å². The molecule has 29 heteroatoms. The third-order valence-electron chi connectivity index (χ3n) is 8.90. The monoisotopic (exact) mass is 915 g/mol. The number of aliphatic imine (C=N–C) groups is 2. The van der Waals surface area contributed by atoms with Crippen LogP contribution in [-0.2, 0) is 47.9 Å². The van der Waals surface area contributed by atoms with Crippen LogP contribution in [0.2, 0.25) is 0 Å². The zero-order valence-electron chi connectivity index (χ0n) is 35.6. The summed E-state index contributed by atoms with van der Waals surface area (Å²) in [5.41, 5.74) is 48.7. The van der Waals surface area contributed by atoms with Gasteiger partial charge in [0.25, 0.3) is 0 Å². The first-order valence-electron chi connectivity index (χ1n) is 20.0. The van der Waals surface area contributed by atoms with Gasteiger partial charge in [-0.2, -0.15) is 0 Å². The number of carbonyl (C=O) groups excluding carboxylic acids is 9. The Morgan fingerprint density at radius 3 is 1.34 bits per heavy atom. The van der Waals surface area contributed by atoms with E-state index >= 15 is 0 Å². The highest BCUT2D eigenvalue weighted by molar-refractivity contribution is 5.98. The van der Waals surface area contributed by atoms with Crippen molar-refractivity contribution in [1.82, 2.24) is 31.9 Å². The fraction of sp³-hybridized carbons (Fsp3) is 0.657. The molecule has 0 heterocycles. The van der Waals surface area contributed by atoms with Crippen molar-refractivity contribution in [2.45, 2.75) is 126 Å². The molecule has 26 N–H and O–H groups in total. The molecule has 0 saturated heterocycles. The van der Waals surface area contributed by atoms with E-state index < -0.39 is 133 Å². The van der Waals surface area contributed by atoms with Crippen molar-refractivity contribution in [3.63, 3.8) is 0 Å². The molecule has 0 radical (unpaired) electrons. The lowest BCUT2D eigenvalue weighted by Crippen LogP contribution is -2.61. The average molecular weight is 916 g/mol. The highest BCUT2D eigenvalue weighted by Gasteiger charge is 2.35. The first-order chi connectivity index (χ1) is 29.9. The summed E-state index contributed by atoms with van der Waals surface area (Å²) in [6, 6.07) is -11.1. The number of hydrogen-bond acceptors (Lipinski definition) is 15. The number of carboxylic acid groups (broad SMARTS) is 1. The second kappa shape index (κ2) is 30.2. The fourth-order valence-corrected chi connectivity index (χ4v) is 5.57. The summed E-state index contributed by atoms with van der Waals surface area (Å²) in [5, 5.41) is 33.5. The molecule has 0 bridgehead atoms. The van der Waals surface area contributed by atoms with Crippen LogP contribution < -0.4 is 83.5 Å². The normalized spacial score (nSPS) is 14.5. The number of nitrogens with one attached hydrogen (secondary N) is 6. The predicted molar refractivity (Wildman–Crippen MR) is 228 cm³/mol. The van der Waals surface area contributed by atoms with Gasteiger partial charge in [0.15, 0.2) is 11.9 Å². The van der Waals surface area contributed by atoms with Crippen molar-refractivity contribution in [2.24, 2.45) is 61.6 Å². The van der Waals surface area contributed by atoms with Crippen LogP contribution in [-0.4, -0.2) is 149 Å². The average Bonchev–Trinajstić information content (AvgIpc) is 3.18. The summed E-state index contributed by atoms with van der Waals surface area (Å²) in [5.74, 6) is -11.4. The topological polar surface area (TPSA) is 542 Å². The van der Waals surface area contributed by atoms with E-state index in [1.54, 1.807) is 0 Å². The summed E-state index contributed by atoms with van der Waals surface area (Å²) in [7, 11) is 0. The summed E-state index contributed by atoms with van der Waals surface area (Å²) in [6.45, 7) is 1.36. The molecule has 0 aromatic heterocycles. The van der Waals surface area contributed by atoms with Gasteiger partial charge in [0.1, 0.15) is 36.3 Å². The first-order valence-corrected chi connectivity index (χ1v) is 20.0. The molecule has 8 atom stereocenters. The summed E-state index contributed by atoms with van der Waals surface area (Å²) in [4.78, 5) is 135. The molecule has 0 aliphatic rings. The van der Waals surface area contributed by atoms with Crippen LogP contribution >= 0.6 is 0 Å². The zero-order chi connectivity index (χ0) is 49.1. The van der Waals surface area contributed by atoms with Gasteiger partial charge in [-0.1, -0.05) is 0 Å². The van der Waals surface area contributed by atoms with Gasteiger partial charge in [0.2, 0.25) is 53.2 Å². The number of aliphatic carboxylic acids is 1. The number of unbranched alkanes of at least 4 members (excludes halogenated alkanes) is 1. The van der Waals surface area contributed by atoms with Crippen molar-refractivity contribution >= 4 is 71.1 Å². The second-order valence-corrected chi connectivity index (χ2v) is 14.5. The van der Waals surface area contributed by atoms with Gasteiger partial charge in [-0.05, 0) is 64.8 Å². The molecule has 0 spiro atoms. The number of amides is 9. The number of carbonyl (C=O) groups is 10. The van der Waals surface area contributed by atoms with Gasteiger partial charge in [0, 0.05) is 19.5 Å². The Morgan fingerprint density at radius 2 is 0.906 bits per heavy atom. The van der Waals surface area contributed by atoms with Crippen molar-refractivity contribution < 1.29 is 58.2 Å². The van der Waals surface area contributed by atoms with E-state index in [4.69, 9.17) is 51.6 Å². The SMILES string of the molecule is CC(O)C(NC(=O)C(CCCCN)NC(=O)C(CCC(N)=O)NC(=O)C(CCCN=C(N)N)NC(=O)C(CC(N)=O)NC(=O)C(N)CCCN=C(N)N)C(=O)NC(CC(N)=O)C(=O)O. The Balaban J connectivity index is 6.60. The number of nitrogens with zero attached hydrogens (tertiary/aromatic N) is 2. The summed E-state index contributed by atoms with van der Waals surface area (Å²) in [6.07, 6.45) is -3.53. The van der Waals surface area contributed by atoms with Gasteiger partial charge in [0.05, 0.1) is 25.0 Å². The number of rotatable bonds is 33. The van der Waals surface area contributed by atoms with Gasteiger partial charge >= 0.3 is 5.97 Å². The molecule has 29 nitrogen and oxygen atoms in total. The number of carboxylic acids is 1. The largest absolute Gasteiger partial charge is 0.480 e. The van der Waals surface area contributed by atoms with Crippen LogP contribution in [0.5, 0.6) is 0 Å². The predicted octanol–water partition coefficient (Wildman–Crippen LogP) is -9.06. The Bertz CT molecular complexity index is 1690. The van der Waals surface area contributed by atoms with Crippen molar-refractivity contribution in [3.8, 4) is 0 Å². The second-order valence-electron chi connectivity index (χ2n) is 14.5. The van der Waals surface area contributed by atoms with E-state index in [1.165, 1.54) is 0 Å². The minimum absolute atomic E-state index is 0.0408. The standard InChI is InChI=1S/C35H65N17O12/c1-16(53)26(32(62)51-22(33(63)64)15-25(40)56)52-30(60)18(7-2-3-11-36)47-29(59)20(9-10-23(38)54)49-28(58)19(8-5-13-46-35(43)44)48-31(61)21(14-24(39)55)50-27(57)17(37)6-4-12-45-34(41)42/h16-22,26,53H,2-15,36-37H2,1H3,(H2,38,54)(H2,39,55)(H2,40,56)(H,47,59)(H,48,61)(H,49,58)(H,50,57)(H,51,62)(H,52,60)(H,63,64)(H4,41,42,45)(H4,43,44,46). The molecule has 0 aliphatic carbocycles. The smallest absolute Gasteiger partial charge is 0.326 e. The Morgan fingerprint density at radius 1 is 0.500 bits per heavy atom. The van der Waals surface area contributed by atoms with E-state index in [-0.39, 0.29) is 70.1 Å². The molecular formula is C35H65N17O12. The molecule has 0 rings (SSSR count). The molecule has 8 unspecified atom stereocenters. The zero-order valence-corrected chi connectivity index (χ0v) is 35.6. The van der Waals surface area contributed by atoms with Crippen LogP contribution in [0.3, 0.4) is 0 Å². The van der Waals surface area contributed by atoms with E-state index in [2.05, 4.69) is 36.6 Å². The lowest BCUT2D eigenvalue weighted by atomic mass is 10.0. The fourth-order valence-electron chi connectivity index (χ4n) is 5.57. The third kappa shape index (κ3) is 24.5. The number of guanidine groups is 2. The van der Waals surface area contributed by atoms with E-state index in [9.17, 15) is 58.2 Å². The lowest BCUT2D eigenvalue weighted by Gasteiger charge is -2.28. The van der Waals surface area contributed by atoms with Crippen LogP contribution in [0.15, 0.2) is 9.98 Å². The van der Waals surface area contributed by atoms with Crippen LogP contribution in [0.25, 0.3) is 0 Å². The number of aliphatic hydroxyl groups excluding tert-OH is 1. The molecule has 0 aromatic rings. The van der Waals surface area contributed by atoms with Gasteiger partial charge in [-0.3, -0.25) is 53.1 Å². The lowest BCUT2D eigenvalue weighted by molar-refractivity contribution is -0.144. The first kappa shape index (κ1) is 57.1. The third-order valence-corrected chi connectivity index (χ3v) is 8.90. The molecule has 0 aliphatic heterocycles. The van der Waals surface area contributed by atoms with Gasteiger partial charge in [-0.15, -0.1) is 0 Å². The highest BCUT2D eigenvalue weighted by Crippen LogP contribution is 2.09. The van der Waals surface area contributed by atoms with Gasteiger partial charge in [-0.25, -0.2) is 4.79 Å². The van der Waals surface area contributed by atoms with Crippen LogP contribution in [0.1, 0.15) is 77.6 Å². The van der Waals surface area contributed by atoms with Crippen molar-refractivity contribution in [1.29, 1.82) is 0 Å². The minimum Gasteiger partial charge on any atom is -0.480 e. The molecule has 362 valence electrons. The number of primary amides is 3. The molecule has 64 heavy (non-hydrogen) atoms. The van der Waals surface area contributed by atoms with Crippen LogP contribution in [0.4, 0.5) is 0 Å². The van der Waals surface area contributed by atoms with E-state index in [0.717, 1.165) is 6.92 Å². The summed E-state index contributed by atoms with van der Waals surface area (Å²) < 4.78 is 0. The number of nitrogens with two attached hydrogens (primary N) is 9. The molecule has 0 fully saturated rings. The molecule has 0 saturated carbocycles. The number of aliphatic hydroxyl groups is 1. The Hall–Kier alpha value is -6.88. The molecule has 0 aromatic carbocycles. The minimum atomic E-state index is -1.82. The maximum Gasteiger partial charge on any atom is 0.326 e. The maximum atomic E-state index is 13.9. The molecule has 9 amide bonds. The maximum absolute atomic E-state index is 13.9. The van der Waals surface area contributed by atoms with Crippen molar-refractivity contribution in [2.75, 3.05) is 19.6 Å².